The van der Waals surface area contributed by atoms with E-state index in [2.05, 4.69) is 0 Å². The Kier molecular flexibility index (Phi) is 6.56. The molecule has 0 heterocycles. The van der Waals surface area contributed by atoms with Crippen LogP contribution in [0.25, 0.3) is 6.08 Å². The predicted molar refractivity (Wildman–Crippen MR) is 76.0 cm³/mol. The maximum Gasteiger partial charge on any atom is 0.246 e. The van der Waals surface area contributed by atoms with Crippen molar-refractivity contribution in [2.75, 3.05) is 27.3 Å². The largest absolute Gasteiger partial charge is 0.389 e. The first-order valence-electron chi connectivity index (χ1n) is 5.88. The number of carbonyl (C=O) groups excluding carboxylic acids is 1. The van der Waals surface area contributed by atoms with Gasteiger partial charge in [-0.2, -0.15) is 0 Å². The van der Waals surface area contributed by atoms with E-state index in [1.165, 1.54) is 18.1 Å². The summed E-state index contributed by atoms with van der Waals surface area (Å²) in [7, 11) is 3.14. The minimum Gasteiger partial charge on any atom is -0.389 e. The van der Waals surface area contributed by atoms with Gasteiger partial charge in [0, 0.05) is 31.8 Å². The van der Waals surface area contributed by atoms with Gasteiger partial charge in [0.05, 0.1) is 12.7 Å². The average molecular weight is 284 g/mol. The number of benzene rings is 1. The Morgan fingerprint density at radius 1 is 1.47 bits per heavy atom. The molecule has 1 unspecified atom stereocenters. The third-order valence-corrected chi connectivity index (χ3v) is 2.76. The zero-order valence-electron chi connectivity index (χ0n) is 11.0. The van der Waals surface area contributed by atoms with Crippen molar-refractivity contribution in [3.05, 3.63) is 40.9 Å². The first-order chi connectivity index (χ1) is 9.02. The number of hydrogen-bond donors (Lipinski definition) is 1. The Morgan fingerprint density at radius 3 is 2.68 bits per heavy atom. The predicted octanol–water partition coefficient (Wildman–Crippen LogP) is 1.82. The van der Waals surface area contributed by atoms with E-state index >= 15 is 0 Å². The summed E-state index contributed by atoms with van der Waals surface area (Å²) in [4.78, 5) is 13.2. The molecule has 4 nitrogen and oxygen atoms in total. The smallest absolute Gasteiger partial charge is 0.246 e. The summed E-state index contributed by atoms with van der Waals surface area (Å²) >= 11 is 5.77. The molecule has 0 aromatic heterocycles. The molecular formula is C14H18ClNO3. The van der Waals surface area contributed by atoms with Crippen molar-refractivity contribution in [3.63, 3.8) is 0 Å². The van der Waals surface area contributed by atoms with Crippen LogP contribution in [-0.4, -0.2) is 49.3 Å². The van der Waals surface area contributed by atoms with Crippen molar-refractivity contribution in [2.24, 2.45) is 0 Å². The monoisotopic (exact) mass is 283 g/mol. The SMILES string of the molecule is COCC(O)CN(C)C(=O)/C=C/c1ccc(Cl)cc1. The number of rotatable bonds is 6. The van der Waals surface area contributed by atoms with Gasteiger partial charge in [-0.1, -0.05) is 23.7 Å². The standard InChI is InChI=1S/C14H18ClNO3/c1-16(9-13(17)10-19-2)14(18)8-5-11-3-6-12(15)7-4-11/h3-8,13,17H,9-10H2,1-2H3/b8-5+. The second-order valence-electron chi connectivity index (χ2n) is 4.21. The summed E-state index contributed by atoms with van der Waals surface area (Å²) in [6, 6.07) is 7.17. The Hall–Kier alpha value is -1.36. The highest BCUT2D eigenvalue weighted by Gasteiger charge is 2.10. The van der Waals surface area contributed by atoms with E-state index in [1.54, 1.807) is 25.3 Å². The zero-order chi connectivity index (χ0) is 14.3. The Bertz CT molecular complexity index is 431. The fraction of sp³-hybridized carbons (Fsp3) is 0.357. The van der Waals surface area contributed by atoms with E-state index < -0.39 is 6.10 Å². The highest BCUT2D eigenvalue weighted by Crippen LogP contribution is 2.10. The Balaban J connectivity index is 2.51. The van der Waals surface area contributed by atoms with Crippen molar-refractivity contribution in [2.45, 2.75) is 6.10 Å². The molecule has 0 radical (unpaired) electrons. The van der Waals surface area contributed by atoms with Crippen molar-refractivity contribution in [1.82, 2.24) is 4.90 Å². The van der Waals surface area contributed by atoms with Crippen LogP contribution in [0.5, 0.6) is 0 Å². The molecule has 1 atom stereocenters. The zero-order valence-corrected chi connectivity index (χ0v) is 11.8. The normalized spacial score (nSPS) is 12.6. The lowest BCUT2D eigenvalue weighted by molar-refractivity contribution is -0.126. The fourth-order valence-electron chi connectivity index (χ4n) is 1.52. The molecule has 0 aliphatic heterocycles. The van der Waals surface area contributed by atoms with Gasteiger partial charge in [0.1, 0.15) is 0 Å². The van der Waals surface area contributed by atoms with Crippen LogP contribution in [0.4, 0.5) is 0 Å². The van der Waals surface area contributed by atoms with Crippen LogP contribution in [0.2, 0.25) is 5.02 Å². The molecule has 1 aromatic carbocycles. The van der Waals surface area contributed by atoms with E-state index in [1.807, 2.05) is 12.1 Å². The number of hydrogen-bond acceptors (Lipinski definition) is 3. The van der Waals surface area contributed by atoms with E-state index in [9.17, 15) is 9.90 Å². The summed E-state index contributed by atoms with van der Waals surface area (Å²) in [6.07, 6.45) is 2.49. The quantitative estimate of drug-likeness (QED) is 0.810. The second-order valence-corrected chi connectivity index (χ2v) is 4.65. The molecule has 1 aromatic rings. The van der Waals surface area contributed by atoms with Crippen molar-refractivity contribution >= 4 is 23.6 Å². The molecular weight excluding hydrogens is 266 g/mol. The third-order valence-electron chi connectivity index (χ3n) is 2.51. The molecule has 104 valence electrons. The van der Waals surface area contributed by atoms with Gasteiger partial charge in [-0.3, -0.25) is 4.79 Å². The minimum absolute atomic E-state index is 0.176. The van der Waals surface area contributed by atoms with Gasteiger partial charge in [0.15, 0.2) is 0 Å². The van der Waals surface area contributed by atoms with Crippen LogP contribution in [0.1, 0.15) is 5.56 Å². The van der Waals surface area contributed by atoms with E-state index in [0.29, 0.717) is 5.02 Å². The fourth-order valence-corrected chi connectivity index (χ4v) is 1.65. The Labute approximate surface area is 118 Å². The lowest BCUT2D eigenvalue weighted by atomic mass is 10.2. The molecule has 0 spiro atoms. The number of ether oxygens (including phenoxy) is 1. The molecule has 0 fully saturated rings. The number of methoxy groups -OCH3 is 1. The molecule has 19 heavy (non-hydrogen) atoms. The number of halogens is 1. The first-order valence-corrected chi connectivity index (χ1v) is 6.26. The van der Waals surface area contributed by atoms with E-state index in [0.717, 1.165) is 5.56 Å². The third kappa shape index (κ3) is 5.87. The van der Waals surface area contributed by atoms with Gasteiger partial charge in [-0.15, -0.1) is 0 Å². The summed E-state index contributed by atoms with van der Waals surface area (Å²) in [6.45, 7) is 0.441. The number of nitrogens with zero attached hydrogens (tertiary/aromatic N) is 1. The topological polar surface area (TPSA) is 49.8 Å². The molecule has 0 aliphatic rings. The minimum atomic E-state index is -0.678. The summed E-state index contributed by atoms with van der Waals surface area (Å²) in [5, 5.41) is 10.2. The van der Waals surface area contributed by atoms with Gasteiger partial charge >= 0.3 is 0 Å². The maximum absolute atomic E-state index is 11.8. The van der Waals surface area contributed by atoms with Crippen LogP contribution in [0, 0.1) is 0 Å². The highest BCUT2D eigenvalue weighted by molar-refractivity contribution is 6.30. The first kappa shape index (κ1) is 15.7. The van der Waals surface area contributed by atoms with Crippen LogP contribution in [-0.2, 0) is 9.53 Å². The molecule has 1 N–H and O–H groups in total. The van der Waals surface area contributed by atoms with E-state index in [-0.39, 0.29) is 19.1 Å². The molecule has 0 bridgehead atoms. The van der Waals surface area contributed by atoms with Crippen molar-refractivity contribution in [1.29, 1.82) is 0 Å². The number of likely N-dealkylation sites (N-methyl/N-ethyl adjacent to an activating group) is 1. The maximum atomic E-state index is 11.8. The summed E-state index contributed by atoms with van der Waals surface area (Å²) < 4.78 is 4.81. The van der Waals surface area contributed by atoms with Crippen LogP contribution in [0.3, 0.4) is 0 Å². The van der Waals surface area contributed by atoms with Crippen LogP contribution < -0.4 is 0 Å². The van der Waals surface area contributed by atoms with Crippen LogP contribution in [0.15, 0.2) is 30.3 Å². The van der Waals surface area contributed by atoms with Gasteiger partial charge in [-0.25, -0.2) is 0 Å². The molecule has 0 aliphatic carbocycles. The molecule has 1 amide bonds. The van der Waals surface area contributed by atoms with Gasteiger partial charge in [0.2, 0.25) is 5.91 Å². The highest BCUT2D eigenvalue weighted by atomic mass is 35.5. The average Bonchev–Trinajstić information content (AvgIpc) is 2.37. The second kappa shape index (κ2) is 7.94. The number of aliphatic hydroxyl groups excluding tert-OH is 1. The summed E-state index contributed by atoms with van der Waals surface area (Å²) in [5.41, 5.74) is 0.892. The molecule has 0 saturated heterocycles. The number of amides is 1. The van der Waals surface area contributed by atoms with Crippen LogP contribution >= 0.6 is 11.6 Å². The molecule has 5 heteroatoms. The van der Waals surface area contributed by atoms with Crippen molar-refractivity contribution in [3.8, 4) is 0 Å². The number of carbonyl (C=O) groups is 1. The lowest BCUT2D eigenvalue weighted by Crippen LogP contribution is -2.35. The summed E-state index contributed by atoms with van der Waals surface area (Å²) in [5.74, 6) is -0.176. The number of aliphatic hydroxyl groups is 1. The Morgan fingerprint density at radius 2 is 2.11 bits per heavy atom. The van der Waals surface area contributed by atoms with Gasteiger partial charge in [0.25, 0.3) is 0 Å². The lowest BCUT2D eigenvalue weighted by Gasteiger charge is -2.18. The van der Waals surface area contributed by atoms with Gasteiger partial charge in [-0.05, 0) is 23.8 Å². The van der Waals surface area contributed by atoms with Crippen molar-refractivity contribution < 1.29 is 14.6 Å². The molecule has 1 rings (SSSR count). The van der Waals surface area contributed by atoms with Gasteiger partial charge < -0.3 is 14.7 Å². The molecule has 0 saturated carbocycles. The van der Waals surface area contributed by atoms with E-state index in [4.69, 9.17) is 16.3 Å².